The zero-order valence-electron chi connectivity index (χ0n) is 13.0. The first-order valence-electron chi connectivity index (χ1n) is 8.28. The highest BCUT2D eigenvalue weighted by atomic mass is 16.6. The topological polar surface area (TPSA) is 87.0 Å². The highest BCUT2D eigenvalue weighted by Crippen LogP contribution is 2.21. The van der Waals surface area contributed by atoms with Gasteiger partial charge in [0.25, 0.3) is 0 Å². The van der Waals surface area contributed by atoms with E-state index < -0.39 is 24.4 Å². The Balaban J connectivity index is 2.11. The number of carbonyl (C=O) groups is 1. The van der Waals surface area contributed by atoms with E-state index in [1.165, 1.54) is 19.3 Å². The van der Waals surface area contributed by atoms with Crippen molar-refractivity contribution in [3.8, 4) is 0 Å². The van der Waals surface area contributed by atoms with E-state index in [0.29, 0.717) is 32.1 Å². The van der Waals surface area contributed by atoms with Gasteiger partial charge in [-0.05, 0) is 25.7 Å². The Bertz CT molecular complexity index is 294. The zero-order valence-corrected chi connectivity index (χ0v) is 13.0. The maximum Gasteiger partial charge on any atom is 0.306 e. The fraction of sp³-hybridized carbons (Fsp3) is 0.938. The minimum absolute atomic E-state index is 0.272. The number of aliphatic hydroxyl groups excluding tert-OH is 3. The molecule has 124 valence electrons. The van der Waals surface area contributed by atoms with Gasteiger partial charge >= 0.3 is 5.97 Å². The summed E-state index contributed by atoms with van der Waals surface area (Å²) in [5.74, 6) is -0.272. The van der Waals surface area contributed by atoms with E-state index in [9.17, 15) is 20.1 Å². The van der Waals surface area contributed by atoms with Crippen LogP contribution in [0.3, 0.4) is 0 Å². The van der Waals surface area contributed by atoms with Crippen LogP contribution < -0.4 is 0 Å². The fourth-order valence-corrected chi connectivity index (χ4v) is 2.69. The Hall–Kier alpha value is -0.650. The molecule has 0 bridgehead atoms. The summed E-state index contributed by atoms with van der Waals surface area (Å²) < 4.78 is 4.99. The van der Waals surface area contributed by atoms with Gasteiger partial charge in [-0.3, -0.25) is 4.79 Å². The minimum Gasteiger partial charge on any atom is -0.460 e. The number of aliphatic hydroxyl groups is 3. The summed E-state index contributed by atoms with van der Waals surface area (Å²) in [6.07, 6.45) is 4.98. The molecule has 0 spiro atoms. The van der Waals surface area contributed by atoms with Crippen LogP contribution in [0.5, 0.6) is 0 Å². The van der Waals surface area contributed by atoms with Gasteiger partial charge in [0.2, 0.25) is 0 Å². The van der Waals surface area contributed by atoms with Crippen molar-refractivity contribution in [1.82, 2.24) is 0 Å². The number of rotatable bonds is 11. The van der Waals surface area contributed by atoms with Crippen molar-refractivity contribution in [3.05, 3.63) is 0 Å². The van der Waals surface area contributed by atoms with Crippen molar-refractivity contribution < 1.29 is 24.9 Å². The van der Waals surface area contributed by atoms with Gasteiger partial charge in [0.05, 0.1) is 18.3 Å². The van der Waals surface area contributed by atoms with Gasteiger partial charge in [-0.25, -0.2) is 0 Å². The van der Waals surface area contributed by atoms with Gasteiger partial charge < -0.3 is 20.1 Å². The first kappa shape index (κ1) is 18.4. The third-order valence-corrected chi connectivity index (χ3v) is 4.15. The highest BCUT2D eigenvalue weighted by molar-refractivity contribution is 5.71. The lowest BCUT2D eigenvalue weighted by atomic mass is 9.98. The summed E-state index contributed by atoms with van der Waals surface area (Å²) in [4.78, 5) is 11.0. The molecule has 1 aliphatic rings. The van der Waals surface area contributed by atoms with E-state index in [2.05, 4.69) is 6.92 Å². The molecule has 0 aromatic heterocycles. The maximum absolute atomic E-state index is 11.0. The molecule has 0 aliphatic carbocycles. The molecule has 1 heterocycles. The SMILES string of the molecule is CCCCCCC[C@@H](O)[C@H](O)CC[C@@H](O)[C@H]1CCC(=O)O1. The standard InChI is InChI=1S/C16H30O5/c1-2-3-4-5-6-7-12(17)13(18)8-9-14(19)15-10-11-16(20)21-15/h12-15,17-19H,2-11H2,1H3/t12-,13-,14-,15-/m1/s1. The number of ether oxygens (including phenoxy) is 1. The lowest BCUT2D eigenvalue weighted by molar-refractivity contribution is -0.145. The van der Waals surface area contributed by atoms with Gasteiger partial charge in [-0.1, -0.05) is 39.0 Å². The van der Waals surface area contributed by atoms with Crippen molar-refractivity contribution in [2.24, 2.45) is 0 Å². The second-order valence-electron chi connectivity index (χ2n) is 6.05. The molecule has 1 aliphatic heterocycles. The van der Waals surface area contributed by atoms with Gasteiger partial charge in [-0.15, -0.1) is 0 Å². The summed E-state index contributed by atoms with van der Waals surface area (Å²) in [6.45, 7) is 2.16. The average Bonchev–Trinajstić information content (AvgIpc) is 2.90. The summed E-state index contributed by atoms with van der Waals surface area (Å²) in [5, 5.41) is 29.7. The van der Waals surface area contributed by atoms with Crippen molar-refractivity contribution in [2.75, 3.05) is 0 Å². The second kappa shape index (κ2) is 10.1. The van der Waals surface area contributed by atoms with Crippen LogP contribution in [0, 0.1) is 0 Å². The van der Waals surface area contributed by atoms with Crippen LogP contribution in [0.2, 0.25) is 0 Å². The van der Waals surface area contributed by atoms with Crippen molar-refractivity contribution in [1.29, 1.82) is 0 Å². The number of esters is 1. The molecule has 0 unspecified atom stereocenters. The summed E-state index contributed by atoms with van der Waals surface area (Å²) in [6, 6.07) is 0. The monoisotopic (exact) mass is 302 g/mol. The molecule has 1 saturated heterocycles. The van der Waals surface area contributed by atoms with E-state index in [-0.39, 0.29) is 5.97 Å². The molecule has 5 heteroatoms. The van der Waals surface area contributed by atoms with E-state index in [0.717, 1.165) is 12.8 Å². The van der Waals surface area contributed by atoms with Gasteiger partial charge in [-0.2, -0.15) is 0 Å². The molecule has 0 saturated carbocycles. The number of unbranched alkanes of at least 4 members (excludes halogenated alkanes) is 4. The Morgan fingerprint density at radius 2 is 1.71 bits per heavy atom. The molecule has 1 rings (SSSR count). The summed E-state index contributed by atoms with van der Waals surface area (Å²) in [7, 11) is 0. The summed E-state index contributed by atoms with van der Waals surface area (Å²) in [5.41, 5.74) is 0. The highest BCUT2D eigenvalue weighted by Gasteiger charge is 2.30. The Morgan fingerprint density at radius 3 is 2.33 bits per heavy atom. The molecule has 0 amide bonds. The molecule has 1 fully saturated rings. The van der Waals surface area contributed by atoms with Crippen molar-refractivity contribution >= 4 is 5.97 Å². The minimum atomic E-state index is -0.817. The molecular formula is C16H30O5. The van der Waals surface area contributed by atoms with Crippen LogP contribution >= 0.6 is 0 Å². The second-order valence-corrected chi connectivity index (χ2v) is 6.05. The van der Waals surface area contributed by atoms with E-state index in [1.807, 2.05) is 0 Å². The van der Waals surface area contributed by atoms with E-state index in [4.69, 9.17) is 4.74 Å². The van der Waals surface area contributed by atoms with E-state index in [1.54, 1.807) is 0 Å². The molecular weight excluding hydrogens is 272 g/mol. The largest absolute Gasteiger partial charge is 0.460 e. The fourth-order valence-electron chi connectivity index (χ4n) is 2.69. The van der Waals surface area contributed by atoms with Gasteiger partial charge in [0, 0.05) is 6.42 Å². The molecule has 0 radical (unpaired) electrons. The lowest BCUT2D eigenvalue weighted by Crippen LogP contribution is -2.31. The Morgan fingerprint density at radius 1 is 1.05 bits per heavy atom. The normalized spacial score (nSPS) is 22.9. The third kappa shape index (κ3) is 7.25. The number of hydrogen-bond acceptors (Lipinski definition) is 5. The van der Waals surface area contributed by atoms with Gasteiger partial charge in [0.15, 0.2) is 0 Å². The molecule has 0 aromatic carbocycles. The average molecular weight is 302 g/mol. The lowest BCUT2D eigenvalue weighted by Gasteiger charge is -2.21. The van der Waals surface area contributed by atoms with E-state index >= 15 is 0 Å². The zero-order chi connectivity index (χ0) is 15.7. The first-order chi connectivity index (χ1) is 10.0. The number of hydrogen-bond donors (Lipinski definition) is 3. The Kier molecular flexibility index (Phi) is 8.88. The maximum atomic E-state index is 11.0. The number of carbonyl (C=O) groups excluding carboxylic acids is 1. The molecule has 21 heavy (non-hydrogen) atoms. The smallest absolute Gasteiger partial charge is 0.306 e. The summed E-state index contributed by atoms with van der Waals surface area (Å²) >= 11 is 0. The van der Waals surface area contributed by atoms with Crippen LogP contribution in [0.25, 0.3) is 0 Å². The molecule has 4 atom stereocenters. The van der Waals surface area contributed by atoms with Crippen LogP contribution in [0.15, 0.2) is 0 Å². The van der Waals surface area contributed by atoms with Crippen molar-refractivity contribution in [2.45, 2.75) is 95.5 Å². The van der Waals surface area contributed by atoms with Gasteiger partial charge in [0.1, 0.15) is 6.10 Å². The predicted molar refractivity (Wildman–Crippen MR) is 79.7 cm³/mol. The molecule has 3 N–H and O–H groups in total. The quantitative estimate of drug-likeness (QED) is 0.401. The van der Waals surface area contributed by atoms with Crippen LogP contribution in [-0.2, 0) is 9.53 Å². The van der Waals surface area contributed by atoms with Crippen LogP contribution in [-0.4, -0.2) is 45.7 Å². The number of cyclic esters (lactones) is 1. The predicted octanol–water partition coefficient (Wildman–Crippen LogP) is 1.92. The first-order valence-corrected chi connectivity index (χ1v) is 8.28. The third-order valence-electron chi connectivity index (χ3n) is 4.15. The molecule has 0 aromatic rings. The Labute approximate surface area is 127 Å². The molecule has 5 nitrogen and oxygen atoms in total. The van der Waals surface area contributed by atoms with Crippen molar-refractivity contribution in [3.63, 3.8) is 0 Å². The van der Waals surface area contributed by atoms with Crippen LogP contribution in [0.1, 0.15) is 71.1 Å². The van der Waals surface area contributed by atoms with Crippen LogP contribution in [0.4, 0.5) is 0 Å².